The number of amides is 1. The smallest absolute Gasteiger partial charge is 0.239 e. The van der Waals surface area contributed by atoms with Crippen molar-refractivity contribution in [3.63, 3.8) is 0 Å². The van der Waals surface area contributed by atoms with E-state index >= 15 is 0 Å². The predicted octanol–water partition coefficient (Wildman–Crippen LogP) is 1.65. The number of carbonyl (C=O) groups is 1. The summed E-state index contributed by atoms with van der Waals surface area (Å²) >= 11 is 0. The van der Waals surface area contributed by atoms with E-state index in [1.54, 1.807) is 4.90 Å². The SMILES string of the molecule is CCOC1CC(NC(C)C(=O)N(C)CC)C1(C)C. The fourth-order valence-electron chi connectivity index (χ4n) is 2.51. The van der Waals surface area contributed by atoms with Gasteiger partial charge in [-0.05, 0) is 27.2 Å². The van der Waals surface area contributed by atoms with Crippen LogP contribution in [0.1, 0.15) is 41.0 Å². The molecule has 0 aromatic carbocycles. The summed E-state index contributed by atoms with van der Waals surface area (Å²) in [5.74, 6) is 0.160. The lowest BCUT2D eigenvalue weighted by Gasteiger charge is -2.52. The molecule has 0 bridgehead atoms. The van der Waals surface area contributed by atoms with Gasteiger partial charge < -0.3 is 15.0 Å². The van der Waals surface area contributed by atoms with Crippen LogP contribution in [0.15, 0.2) is 0 Å². The second kappa shape index (κ2) is 6.02. The number of ether oxygens (including phenoxy) is 1. The molecule has 106 valence electrons. The highest BCUT2D eigenvalue weighted by Gasteiger charge is 2.49. The average Bonchev–Trinajstić information content (AvgIpc) is 2.35. The lowest BCUT2D eigenvalue weighted by molar-refractivity contribution is -0.137. The molecule has 1 fully saturated rings. The first-order valence-corrected chi connectivity index (χ1v) is 6.97. The van der Waals surface area contributed by atoms with Crippen molar-refractivity contribution in [3.8, 4) is 0 Å². The molecule has 1 rings (SSSR count). The number of nitrogens with one attached hydrogen (secondary N) is 1. The van der Waals surface area contributed by atoms with Crippen LogP contribution < -0.4 is 5.32 Å². The highest BCUT2D eigenvalue weighted by Crippen LogP contribution is 2.42. The van der Waals surface area contributed by atoms with Crippen molar-refractivity contribution in [1.29, 1.82) is 0 Å². The predicted molar refractivity (Wildman–Crippen MR) is 73.5 cm³/mol. The average molecular weight is 256 g/mol. The monoisotopic (exact) mass is 256 g/mol. The van der Waals surface area contributed by atoms with Crippen molar-refractivity contribution in [3.05, 3.63) is 0 Å². The van der Waals surface area contributed by atoms with E-state index < -0.39 is 0 Å². The fourth-order valence-corrected chi connectivity index (χ4v) is 2.51. The molecular formula is C14H28N2O2. The summed E-state index contributed by atoms with van der Waals surface area (Å²) < 4.78 is 5.70. The first-order chi connectivity index (χ1) is 8.34. The molecule has 0 aliphatic heterocycles. The zero-order chi connectivity index (χ0) is 13.9. The van der Waals surface area contributed by atoms with Crippen LogP contribution in [0.4, 0.5) is 0 Å². The van der Waals surface area contributed by atoms with Crippen LogP contribution in [0.25, 0.3) is 0 Å². The van der Waals surface area contributed by atoms with Crippen LogP contribution in [0.2, 0.25) is 0 Å². The van der Waals surface area contributed by atoms with E-state index in [4.69, 9.17) is 4.74 Å². The van der Waals surface area contributed by atoms with Crippen molar-refractivity contribution in [2.24, 2.45) is 5.41 Å². The summed E-state index contributed by atoms with van der Waals surface area (Å²) in [7, 11) is 1.84. The number of rotatable bonds is 6. The van der Waals surface area contributed by atoms with Gasteiger partial charge in [0.2, 0.25) is 5.91 Å². The number of hydrogen-bond acceptors (Lipinski definition) is 3. The summed E-state index contributed by atoms with van der Waals surface area (Å²) in [6.07, 6.45) is 1.31. The van der Waals surface area contributed by atoms with E-state index in [1.807, 2.05) is 27.8 Å². The van der Waals surface area contributed by atoms with Crippen molar-refractivity contribution in [2.75, 3.05) is 20.2 Å². The summed E-state index contributed by atoms with van der Waals surface area (Å²) in [6.45, 7) is 11.9. The molecular weight excluding hydrogens is 228 g/mol. The summed E-state index contributed by atoms with van der Waals surface area (Å²) in [5.41, 5.74) is 0.106. The molecule has 0 radical (unpaired) electrons. The van der Waals surface area contributed by atoms with E-state index in [0.717, 1.165) is 19.6 Å². The number of nitrogens with zero attached hydrogens (tertiary/aromatic N) is 1. The van der Waals surface area contributed by atoms with Crippen LogP contribution in [0.5, 0.6) is 0 Å². The van der Waals surface area contributed by atoms with Gasteiger partial charge in [-0.3, -0.25) is 4.79 Å². The van der Waals surface area contributed by atoms with Gasteiger partial charge in [-0.25, -0.2) is 0 Å². The van der Waals surface area contributed by atoms with Gasteiger partial charge in [-0.1, -0.05) is 13.8 Å². The zero-order valence-electron chi connectivity index (χ0n) is 12.6. The van der Waals surface area contributed by atoms with Gasteiger partial charge in [-0.15, -0.1) is 0 Å². The van der Waals surface area contributed by atoms with E-state index in [2.05, 4.69) is 19.2 Å². The fraction of sp³-hybridized carbons (Fsp3) is 0.929. The summed E-state index contributed by atoms with van der Waals surface area (Å²) in [4.78, 5) is 13.8. The van der Waals surface area contributed by atoms with Crippen molar-refractivity contribution < 1.29 is 9.53 Å². The maximum Gasteiger partial charge on any atom is 0.239 e. The molecule has 1 N–H and O–H groups in total. The van der Waals surface area contributed by atoms with Gasteiger partial charge in [0.1, 0.15) is 0 Å². The Balaban J connectivity index is 2.48. The maximum absolute atomic E-state index is 12.0. The molecule has 0 aromatic rings. The Morgan fingerprint density at radius 2 is 2.11 bits per heavy atom. The first kappa shape index (κ1) is 15.4. The van der Waals surface area contributed by atoms with Gasteiger partial charge >= 0.3 is 0 Å². The van der Waals surface area contributed by atoms with E-state index in [1.165, 1.54) is 0 Å². The van der Waals surface area contributed by atoms with Crippen molar-refractivity contribution in [2.45, 2.75) is 59.2 Å². The Hall–Kier alpha value is -0.610. The number of likely N-dealkylation sites (N-methyl/N-ethyl adjacent to an activating group) is 1. The molecule has 1 aliphatic carbocycles. The van der Waals surface area contributed by atoms with Gasteiger partial charge in [0.25, 0.3) is 0 Å². The minimum atomic E-state index is -0.123. The second-order valence-electron chi connectivity index (χ2n) is 5.79. The molecule has 1 amide bonds. The molecule has 4 heteroatoms. The standard InChI is InChI=1S/C14H28N2O2/c1-7-16(6)13(17)10(3)15-11-9-12(18-8-2)14(11,4)5/h10-12,15H,7-9H2,1-6H3. The van der Waals surface area contributed by atoms with Crippen molar-refractivity contribution in [1.82, 2.24) is 10.2 Å². The minimum absolute atomic E-state index is 0.106. The lowest BCUT2D eigenvalue weighted by Crippen LogP contribution is -2.64. The Labute approximate surface area is 111 Å². The molecule has 1 saturated carbocycles. The third-order valence-electron chi connectivity index (χ3n) is 4.22. The van der Waals surface area contributed by atoms with Gasteiger partial charge in [0, 0.05) is 31.7 Å². The molecule has 18 heavy (non-hydrogen) atoms. The highest BCUT2D eigenvalue weighted by atomic mass is 16.5. The number of carbonyl (C=O) groups excluding carboxylic acids is 1. The van der Waals surface area contributed by atoms with Gasteiger partial charge in [-0.2, -0.15) is 0 Å². The molecule has 1 aliphatic rings. The van der Waals surface area contributed by atoms with Crippen LogP contribution in [0.3, 0.4) is 0 Å². The topological polar surface area (TPSA) is 41.6 Å². The normalized spacial score (nSPS) is 27.4. The van der Waals surface area contributed by atoms with Crippen LogP contribution in [0, 0.1) is 5.41 Å². The Bertz CT molecular complexity index is 292. The molecule has 0 saturated heterocycles. The molecule has 3 atom stereocenters. The van der Waals surface area contributed by atoms with Crippen LogP contribution in [-0.4, -0.2) is 49.2 Å². The largest absolute Gasteiger partial charge is 0.378 e. The maximum atomic E-state index is 12.0. The molecule has 4 nitrogen and oxygen atoms in total. The molecule has 0 spiro atoms. The lowest BCUT2D eigenvalue weighted by atomic mass is 9.64. The number of hydrogen-bond donors (Lipinski definition) is 1. The third-order valence-corrected chi connectivity index (χ3v) is 4.22. The third kappa shape index (κ3) is 3.04. The molecule has 3 unspecified atom stereocenters. The van der Waals surface area contributed by atoms with Crippen molar-refractivity contribution >= 4 is 5.91 Å². The van der Waals surface area contributed by atoms with Gasteiger partial charge in [0.05, 0.1) is 12.1 Å². The highest BCUT2D eigenvalue weighted by molar-refractivity contribution is 5.81. The Kier molecular flexibility index (Phi) is 5.17. The second-order valence-corrected chi connectivity index (χ2v) is 5.79. The first-order valence-electron chi connectivity index (χ1n) is 6.97. The van der Waals surface area contributed by atoms with Crippen LogP contribution in [-0.2, 0) is 9.53 Å². The van der Waals surface area contributed by atoms with Gasteiger partial charge in [0.15, 0.2) is 0 Å². The minimum Gasteiger partial charge on any atom is -0.378 e. The molecule has 0 heterocycles. The Morgan fingerprint density at radius 3 is 2.56 bits per heavy atom. The van der Waals surface area contributed by atoms with E-state index in [-0.39, 0.29) is 17.4 Å². The Morgan fingerprint density at radius 1 is 1.50 bits per heavy atom. The summed E-state index contributed by atoms with van der Waals surface area (Å²) in [6, 6.07) is 0.236. The molecule has 0 aromatic heterocycles. The van der Waals surface area contributed by atoms with Crippen LogP contribution >= 0.6 is 0 Å². The quantitative estimate of drug-likeness (QED) is 0.785. The van der Waals surface area contributed by atoms with E-state index in [9.17, 15) is 4.79 Å². The zero-order valence-corrected chi connectivity index (χ0v) is 12.6. The summed E-state index contributed by atoms with van der Waals surface area (Å²) in [5, 5.41) is 3.44. The van der Waals surface area contributed by atoms with E-state index in [0.29, 0.717) is 12.1 Å².